The molecule has 0 saturated heterocycles. The van der Waals surface area contributed by atoms with Crippen LogP contribution >= 0.6 is 0 Å². The predicted molar refractivity (Wildman–Crippen MR) is 51.1 cm³/mol. The Balaban J connectivity index is 2.02. The maximum Gasteiger partial charge on any atom is 0.0541 e. The van der Waals surface area contributed by atoms with E-state index >= 15 is 0 Å². The molecule has 0 radical (unpaired) electrons. The standard InChI is InChI=1S/C10H18N2/c1-6(2)9-7(3)10(12-11-9)8-4-5-8/h6-9,11H,4-5H2,1-3H3. The number of hydrogen-bond donors (Lipinski definition) is 1. The van der Waals surface area contributed by atoms with Gasteiger partial charge in [0.05, 0.1) is 6.04 Å². The Bertz CT molecular complexity index is 204. The summed E-state index contributed by atoms with van der Waals surface area (Å²) in [6.07, 6.45) is 2.74. The summed E-state index contributed by atoms with van der Waals surface area (Å²) in [6, 6.07) is 0.584. The van der Waals surface area contributed by atoms with Gasteiger partial charge in [-0.05, 0) is 24.7 Å². The molecule has 0 bridgehead atoms. The predicted octanol–water partition coefficient (Wildman–Crippen LogP) is 2.02. The number of rotatable bonds is 2. The molecule has 0 spiro atoms. The van der Waals surface area contributed by atoms with Crippen LogP contribution in [0.2, 0.25) is 0 Å². The fourth-order valence-corrected chi connectivity index (χ4v) is 2.12. The normalized spacial score (nSPS) is 35.2. The molecule has 0 aromatic carbocycles. The fourth-order valence-electron chi connectivity index (χ4n) is 2.12. The minimum Gasteiger partial charge on any atom is -0.306 e. The highest BCUT2D eigenvalue weighted by Gasteiger charge is 2.38. The molecule has 2 heteroatoms. The van der Waals surface area contributed by atoms with Crippen LogP contribution in [0.25, 0.3) is 0 Å². The monoisotopic (exact) mass is 166 g/mol. The minimum absolute atomic E-state index is 0.584. The minimum atomic E-state index is 0.584. The van der Waals surface area contributed by atoms with Crippen LogP contribution in [0.5, 0.6) is 0 Å². The Hall–Kier alpha value is -0.530. The molecule has 0 aromatic heterocycles. The number of hydrazone groups is 1. The largest absolute Gasteiger partial charge is 0.306 e. The highest BCUT2D eigenvalue weighted by atomic mass is 15.3. The molecule has 1 heterocycles. The van der Waals surface area contributed by atoms with Gasteiger partial charge in [0.2, 0.25) is 0 Å². The lowest BCUT2D eigenvalue weighted by atomic mass is 9.88. The molecular formula is C10H18N2. The quantitative estimate of drug-likeness (QED) is 0.666. The van der Waals surface area contributed by atoms with Crippen molar-refractivity contribution in [1.29, 1.82) is 0 Å². The van der Waals surface area contributed by atoms with Crippen molar-refractivity contribution >= 4 is 5.71 Å². The zero-order valence-electron chi connectivity index (χ0n) is 8.17. The van der Waals surface area contributed by atoms with Crippen molar-refractivity contribution in [3.05, 3.63) is 0 Å². The van der Waals surface area contributed by atoms with E-state index in [4.69, 9.17) is 0 Å². The zero-order valence-corrected chi connectivity index (χ0v) is 8.17. The van der Waals surface area contributed by atoms with Crippen molar-refractivity contribution in [2.75, 3.05) is 0 Å². The summed E-state index contributed by atoms with van der Waals surface area (Å²) in [5.74, 6) is 2.19. The Morgan fingerprint density at radius 2 is 2.08 bits per heavy atom. The Labute approximate surface area is 74.4 Å². The summed E-state index contributed by atoms with van der Waals surface area (Å²) in [5.41, 5.74) is 4.70. The van der Waals surface area contributed by atoms with Crippen LogP contribution in [0.4, 0.5) is 0 Å². The molecule has 2 rings (SSSR count). The summed E-state index contributed by atoms with van der Waals surface area (Å²) in [4.78, 5) is 0. The van der Waals surface area contributed by atoms with Gasteiger partial charge in [0.25, 0.3) is 0 Å². The highest BCUT2D eigenvalue weighted by Crippen LogP contribution is 2.36. The van der Waals surface area contributed by atoms with Crippen molar-refractivity contribution < 1.29 is 0 Å². The molecule has 1 N–H and O–H groups in total. The van der Waals surface area contributed by atoms with Crippen molar-refractivity contribution in [3.8, 4) is 0 Å². The van der Waals surface area contributed by atoms with E-state index in [0.717, 1.165) is 5.92 Å². The molecule has 0 aromatic rings. The average Bonchev–Trinajstić information content (AvgIpc) is 2.75. The molecule has 1 aliphatic heterocycles. The fraction of sp³-hybridized carbons (Fsp3) is 0.900. The Morgan fingerprint density at radius 3 is 2.50 bits per heavy atom. The van der Waals surface area contributed by atoms with E-state index < -0.39 is 0 Å². The first-order valence-corrected chi connectivity index (χ1v) is 5.03. The summed E-state index contributed by atoms with van der Waals surface area (Å²) >= 11 is 0. The smallest absolute Gasteiger partial charge is 0.0541 e. The Morgan fingerprint density at radius 1 is 1.42 bits per heavy atom. The van der Waals surface area contributed by atoms with Crippen LogP contribution < -0.4 is 5.43 Å². The van der Waals surface area contributed by atoms with Gasteiger partial charge in [-0.25, -0.2) is 0 Å². The molecule has 2 aliphatic rings. The molecular weight excluding hydrogens is 148 g/mol. The van der Waals surface area contributed by atoms with Crippen molar-refractivity contribution in [3.63, 3.8) is 0 Å². The first-order valence-electron chi connectivity index (χ1n) is 5.03. The van der Waals surface area contributed by atoms with Crippen LogP contribution in [0.3, 0.4) is 0 Å². The second kappa shape index (κ2) is 2.75. The summed E-state index contributed by atoms with van der Waals surface area (Å²) in [7, 11) is 0. The first-order chi connectivity index (χ1) is 5.70. The molecule has 1 fully saturated rings. The van der Waals surface area contributed by atoms with Crippen molar-refractivity contribution in [1.82, 2.24) is 5.43 Å². The number of nitrogens with zero attached hydrogens (tertiary/aromatic N) is 1. The SMILES string of the molecule is CC(C)C1NN=C(C2CC2)C1C. The van der Waals surface area contributed by atoms with Crippen LogP contribution in [0.15, 0.2) is 5.10 Å². The molecule has 1 aliphatic carbocycles. The second-order valence-corrected chi connectivity index (χ2v) is 4.50. The summed E-state index contributed by atoms with van der Waals surface area (Å²) in [6.45, 7) is 6.83. The number of nitrogens with one attached hydrogen (secondary N) is 1. The van der Waals surface area contributed by atoms with Gasteiger partial charge in [-0.2, -0.15) is 5.10 Å². The maximum atomic E-state index is 4.45. The molecule has 2 nitrogen and oxygen atoms in total. The zero-order chi connectivity index (χ0) is 8.72. The van der Waals surface area contributed by atoms with Gasteiger partial charge in [-0.3, -0.25) is 0 Å². The third-order valence-corrected chi connectivity index (χ3v) is 3.06. The third kappa shape index (κ3) is 1.23. The topological polar surface area (TPSA) is 24.4 Å². The molecule has 1 saturated carbocycles. The third-order valence-electron chi connectivity index (χ3n) is 3.06. The molecule has 0 amide bonds. The summed E-state index contributed by atoms with van der Waals surface area (Å²) in [5, 5.41) is 4.45. The first kappa shape index (κ1) is 8.09. The van der Waals surface area contributed by atoms with E-state index in [0.29, 0.717) is 17.9 Å². The lowest BCUT2D eigenvalue weighted by Crippen LogP contribution is -2.33. The molecule has 2 unspecified atom stereocenters. The van der Waals surface area contributed by atoms with Crippen molar-refractivity contribution in [2.45, 2.75) is 39.7 Å². The van der Waals surface area contributed by atoms with E-state index in [9.17, 15) is 0 Å². The molecule has 2 atom stereocenters. The van der Waals surface area contributed by atoms with Gasteiger partial charge >= 0.3 is 0 Å². The lowest BCUT2D eigenvalue weighted by molar-refractivity contribution is 0.383. The van der Waals surface area contributed by atoms with E-state index in [1.54, 1.807) is 0 Å². The van der Waals surface area contributed by atoms with Crippen LogP contribution in [-0.2, 0) is 0 Å². The summed E-state index contributed by atoms with van der Waals surface area (Å²) < 4.78 is 0. The van der Waals surface area contributed by atoms with Gasteiger partial charge < -0.3 is 5.43 Å². The van der Waals surface area contributed by atoms with Crippen molar-refractivity contribution in [2.24, 2.45) is 22.9 Å². The van der Waals surface area contributed by atoms with E-state index in [1.807, 2.05) is 0 Å². The van der Waals surface area contributed by atoms with Gasteiger partial charge in [-0.15, -0.1) is 0 Å². The van der Waals surface area contributed by atoms with Gasteiger partial charge in [0, 0.05) is 11.6 Å². The average molecular weight is 166 g/mol. The maximum absolute atomic E-state index is 4.45. The van der Waals surface area contributed by atoms with E-state index in [1.165, 1.54) is 18.6 Å². The Kier molecular flexibility index (Phi) is 1.85. The van der Waals surface area contributed by atoms with Gasteiger partial charge in [0.1, 0.15) is 0 Å². The lowest BCUT2D eigenvalue weighted by Gasteiger charge is -2.19. The van der Waals surface area contributed by atoms with E-state index in [-0.39, 0.29) is 0 Å². The van der Waals surface area contributed by atoms with Gasteiger partial charge in [-0.1, -0.05) is 20.8 Å². The van der Waals surface area contributed by atoms with Crippen LogP contribution in [0, 0.1) is 17.8 Å². The highest BCUT2D eigenvalue weighted by molar-refractivity contribution is 5.92. The van der Waals surface area contributed by atoms with Crippen LogP contribution in [0.1, 0.15) is 33.6 Å². The van der Waals surface area contributed by atoms with Gasteiger partial charge in [0.15, 0.2) is 0 Å². The molecule has 68 valence electrons. The number of hydrogen-bond acceptors (Lipinski definition) is 2. The van der Waals surface area contributed by atoms with Crippen LogP contribution in [-0.4, -0.2) is 11.8 Å². The molecule has 12 heavy (non-hydrogen) atoms. The second-order valence-electron chi connectivity index (χ2n) is 4.50. The van der Waals surface area contributed by atoms with E-state index in [2.05, 4.69) is 31.3 Å².